The van der Waals surface area contributed by atoms with Crippen LogP contribution in [0.5, 0.6) is 0 Å². The van der Waals surface area contributed by atoms with Crippen molar-refractivity contribution < 1.29 is 9.59 Å². The predicted molar refractivity (Wildman–Crippen MR) is 84.6 cm³/mol. The number of halogens is 1. The predicted octanol–water partition coefficient (Wildman–Crippen LogP) is 2.73. The molecule has 110 valence electrons. The van der Waals surface area contributed by atoms with E-state index in [-0.39, 0.29) is 11.6 Å². The lowest BCUT2D eigenvalue weighted by molar-refractivity contribution is -0.112. The second kappa shape index (κ2) is 5.69. The van der Waals surface area contributed by atoms with Gasteiger partial charge in [0.1, 0.15) is 5.71 Å². The Hall–Kier alpha value is -2.53. The summed E-state index contributed by atoms with van der Waals surface area (Å²) in [5.41, 5.74) is 1.81. The molecule has 0 spiro atoms. The topological polar surface area (TPSA) is 62.6 Å². The van der Waals surface area contributed by atoms with Gasteiger partial charge in [-0.2, -0.15) is 0 Å². The van der Waals surface area contributed by atoms with Crippen LogP contribution in [0.15, 0.2) is 47.7 Å². The van der Waals surface area contributed by atoms with Gasteiger partial charge in [-0.3, -0.25) is 14.6 Å². The third kappa shape index (κ3) is 2.40. The van der Waals surface area contributed by atoms with E-state index in [0.29, 0.717) is 22.7 Å². The summed E-state index contributed by atoms with van der Waals surface area (Å²) < 4.78 is 0. The minimum absolute atomic E-state index is 0.126. The molecule has 2 aromatic rings. The van der Waals surface area contributed by atoms with Crippen molar-refractivity contribution in [3.63, 3.8) is 0 Å². The van der Waals surface area contributed by atoms with Gasteiger partial charge in [0, 0.05) is 35.1 Å². The molecule has 0 atom stereocenters. The lowest BCUT2D eigenvalue weighted by Crippen LogP contribution is -2.30. The van der Waals surface area contributed by atoms with Crippen molar-refractivity contribution in [1.29, 1.82) is 0 Å². The van der Waals surface area contributed by atoms with E-state index in [1.54, 1.807) is 35.2 Å². The Morgan fingerprint density at radius 2 is 2.00 bits per heavy atom. The molecule has 1 aliphatic heterocycles. The zero-order valence-corrected chi connectivity index (χ0v) is 12.5. The zero-order valence-electron chi connectivity index (χ0n) is 11.8. The zero-order chi connectivity index (χ0) is 15.7. The van der Waals surface area contributed by atoms with Gasteiger partial charge in [-0.25, -0.2) is 4.99 Å². The number of fused-ring (bicyclic) bond motifs is 1. The first kappa shape index (κ1) is 14.4. The molecule has 0 N–H and O–H groups in total. The molecule has 0 radical (unpaired) electrons. The second-order valence-electron chi connectivity index (χ2n) is 4.71. The Morgan fingerprint density at radius 3 is 2.68 bits per heavy atom. The van der Waals surface area contributed by atoms with E-state index in [1.807, 2.05) is 6.92 Å². The van der Waals surface area contributed by atoms with Gasteiger partial charge < -0.3 is 4.90 Å². The number of aromatic nitrogens is 1. The molecule has 0 aliphatic carbocycles. The van der Waals surface area contributed by atoms with Gasteiger partial charge in [-0.1, -0.05) is 11.6 Å². The molecule has 0 saturated heterocycles. The summed E-state index contributed by atoms with van der Waals surface area (Å²) in [7, 11) is 0. The number of nitrogens with zero attached hydrogens (tertiary/aromatic N) is 3. The first-order chi connectivity index (χ1) is 10.6. The molecule has 1 aliphatic rings. The van der Waals surface area contributed by atoms with E-state index in [1.165, 1.54) is 12.4 Å². The van der Waals surface area contributed by atoms with Crippen LogP contribution in [-0.4, -0.2) is 29.1 Å². The molecule has 2 heterocycles. The minimum Gasteiger partial charge on any atom is -0.307 e. The monoisotopic (exact) mass is 313 g/mol. The first-order valence-corrected chi connectivity index (χ1v) is 7.14. The quantitative estimate of drug-likeness (QED) is 0.856. The molecule has 0 fully saturated rings. The average molecular weight is 314 g/mol. The lowest BCUT2D eigenvalue weighted by Gasteiger charge is -2.13. The molecule has 22 heavy (non-hydrogen) atoms. The molecule has 5 nitrogen and oxygen atoms in total. The fourth-order valence-electron chi connectivity index (χ4n) is 2.37. The van der Waals surface area contributed by atoms with Crippen LogP contribution < -0.4 is 4.90 Å². The van der Waals surface area contributed by atoms with Crippen LogP contribution in [0.3, 0.4) is 0 Å². The van der Waals surface area contributed by atoms with Gasteiger partial charge in [0.15, 0.2) is 0 Å². The highest BCUT2D eigenvalue weighted by molar-refractivity contribution is 6.55. The summed E-state index contributed by atoms with van der Waals surface area (Å²) in [6.07, 6.45) is 3.01. The number of anilines is 1. The van der Waals surface area contributed by atoms with Crippen LogP contribution in [0.4, 0.5) is 5.69 Å². The molecule has 1 aromatic carbocycles. The maximum Gasteiger partial charge on any atom is 0.277 e. The van der Waals surface area contributed by atoms with Crippen molar-refractivity contribution in [2.24, 2.45) is 4.99 Å². The number of amides is 2. The van der Waals surface area contributed by atoms with Crippen molar-refractivity contribution >= 4 is 34.8 Å². The van der Waals surface area contributed by atoms with Crippen LogP contribution in [-0.2, 0) is 4.79 Å². The van der Waals surface area contributed by atoms with Crippen molar-refractivity contribution in [2.75, 3.05) is 11.4 Å². The fraction of sp³-hybridized carbons (Fsp3) is 0.125. The smallest absolute Gasteiger partial charge is 0.277 e. The Balaban J connectivity index is 2.08. The number of aliphatic imine (C=N–C) groups is 1. The summed E-state index contributed by atoms with van der Waals surface area (Å²) in [6.45, 7) is 2.36. The van der Waals surface area contributed by atoms with Gasteiger partial charge in [-0.05, 0) is 37.3 Å². The number of pyridine rings is 1. The Morgan fingerprint density at radius 1 is 1.27 bits per heavy atom. The highest BCUT2D eigenvalue weighted by Gasteiger charge is 2.33. The normalized spacial score (nSPS) is 15.3. The summed E-state index contributed by atoms with van der Waals surface area (Å²) in [5.74, 6) is -0.767. The number of hydrogen-bond acceptors (Lipinski definition) is 3. The minimum atomic E-state index is -0.477. The van der Waals surface area contributed by atoms with Crippen molar-refractivity contribution in [1.82, 2.24) is 4.98 Å². The molecule has 0 bridgehead atoms. The third-order valence-electron chi connectivity index (χ3n) is 3.41. The molecule has 1 aromatic heterocycles. The van der Waals surface area contributed by atoms with Crippen molar-refractivity contribution in [2.45, 2.75) is 6.92 Å². The molecule has 0 unspecified atom stereocenters. The number of hydrogen-bond donors (Lipinski definition) is 0. The first-order valence-electron chi connectivity index (χ1n) is 6.76. The van der Waals surface area contributed by atoms with E-state index in [4.69, 9.17) is 11.6 Å². The Bertz CT molecular complexity index is 787. The van der Waals surface area contributed by atoms with Crippen molar-refractivity contribution in [3.8, 4) is 0 Å². The van der Waals surface area contributed by atoms with Gasteiger partial charge in [0.25, 0.3) is 11.8 Å². The average Bonchev–Trinajstić information content (AvgIpc) is 2.79. The van der Waals surface area contributed by atoms with Gasteiger partial charge in [0.05, 0.1) is 5.69 Å². The number of carbonyl (C=O) groups excluding carboxylic acids is 2. The third-order valence-corrected chi connectivity index (χ3v) is 3.64. The van der Waals surface area contributed by atoms with Gasteiger partial charge in [-0.15, -0.1) is 0 Å². The van der Waals surface area contributed by atoms with Crippen LogP contribution >= 0.6 is 11.6 Å². The molecule has 6 heteroatoms. The Kier molecular flexibility index (Phi) is 3.73. The van der Waals surface area contributed by atoms with Crippen LogP contribution in [0.1, 0.15) is 22.8 Å². The maximum absolute atomic E-state index is 12.5. The molecule has 0 saturated carbocycles. The van der Waals surface area contributed by atoms with E-state index >= 15 is 0 Å². The van der Waals surface area contributed by atoms with E-state index in [9.17, 15) is 9.59 Å². The fourth-order valence-corrected chi connectivity index (χ4v) is 2.54. The van der Waals surface area contributed by atoms with Gasteiger partial charge in [0.2, 0.25) is 0 Å². The molecule has 2 amide bonds. The van der Waals surface area contributed by atoms with Crippen LogP contribution in [0, 0.1) is 0 Å². The summed E-state index contributed by atoms with van der Waals surface area (Å²) in [4.78, 5) is 34.1. The van der Waals surface area contributed by atoms with E-state index in [0.717, 1.165) is 5.69 Å². The number of carbonyl (C=O) groups is 2. The summed E-state index contributed by atoms with van der Waals surface area (Å²) in [5, 5.41) is 0.494. The van der Waals surface area contributed by atoms with E-state index < -0.39 is 5.91 Å². The van der Waals surface area contributed by atoms with Crippen LogP contribution in [0.2, 0.25) is 5.02 Å². The number of benzene rings is 1. The van der Waals surface area contributed by atoms with Crippen LogP contribution in [0.25, 0.3) is 0 Å². The molecular weight excluding hydrogens is 302 g/mol. The highest BCUT2D eigenvalue weighted by Crippen LogP contribution is 2.31. The molecule has 3 rings (SSSR count). The Labute approximate surface area is 132 Å². The SMILES string of the molecule is CCN1C(=O)C(=NC(=O)c2ccncc2)c2cc(Cl)ccc21. The standard InChI is InChI=1S/C16H12ClN3O2/c1-2-20-13-4-3-11(17)9-12(13)14(16(20)22)19-15(21)10-5-7-18-8-6-10/h3-9H,2H2,1H3. The van der Waals surface area contributed by atoms with Gasteiger partial charge >= 0.3 is 0 Å². The van der Waals surface area contributed by atoms with E-state index in [2.05, 4.69) is 9.98 Å². The number of rotatable bonds is 2. The van der Waals surface area contributed by atoms with Crippen molar-refractivity contribution in [3.05, 3.63) is 58.9 Å². The largest absolute Gasteiger partial charge is 0.307 e. The number of likely N-dealkylation sites (N-methyl/N-ethyl adjacent to an activating group) is 1. The molecular formula is C16H12ClN3O2. The maximum atomic E-state index is 12.5. The summed E-state index contributed by atoms with van der Waals surface area (Å²) in [6, 6.07) is 8.25. The summed E-state index contributed by atoms with van der Waals surface area (Å²) >= 11 is 6.00. The highest BCUT2D eigenvalue weighted by atomic mass is 35.5. The lowest BCUT2D eigenvalue weighted by atomic mass is 10.1. The second-order valence-corrected chi connectivity index (χ2v) is 5.15.